The van der Waals surface area contributed by atoms with E-state index in [1.165, 1.54) is 0 Å². The van der Waals surface area contributed by atoms with E-state index in [1.807, 2.05) is 13.0 Å². The summed E-state index contributed by atoms with van der Waals surface area (Å²) in [7, 11) is -3.35. The second-order valence-electron chi connectivity index (χ2n) is 4.68. The zero-order valence-corrected chi connectivity index (χ0v) is 12.2. The SMILES string of the molecule is Cc1cc(NS(=O)(=O)C(C)(C)C)ccc1Br. The fourth-order valence-electron chi connectivity index (χ4n) is 1.02. The molecule has 1 aromatic rings. The second kappa shape index (κ2) is 4.37. The lowest BCUT2D eigenvalue weighted by atomic mass is 10.2. The first-order chi connectivity index (χ1) is 7.13. The maximum atomic E-state index is 11.9. The molecule has 0 saturated heterocycles. The minimum absolute atomic E-state index is 0.593. The van der Waals surface area contributed by atoms with Crippen molar-refractivity contribution in [2.45, 2.75) is 32.4 Å². The monoisotopic (exact) mass is 305 g/mol. The van der Waals surface area contributed by atoms with Crippen LogP contribution in [0.15, 0.2) is 22.7 Å². The van der Waals surface area contributed by atoms with Crippen LogP contribution in [0.1, 0.15) is 26.3 Å². The Hall–Kier alpha value is -0.550. The molecule has 0 aliphatic rings. The van der Waals surface area contributed by atoms with E-state index in [4.69, 9.17) is 0 Å². The van der Waals surface area contributed by atoms with Crippen LogP contribution >= 0.6 is 15.9 Å². The predicted octanol–water partition coefficient (Wildman–Crippen LogP) is 3.30. The van der Waals surface area contributed by atoms with Gasteiger partial charge in [-0.05, 0) is 51.5 Å². The van der Waals surface area contributed by atoms with Gasteiger partial charge < -0.3 is 0 Å². The molecule has 1 aromatic carbocycles. The summed E-state index contributed by atoms with van der Waals surface area (Å²) in [4.78, 5) is 0. The Balaban J connectivity index is 3.03. The van der Waals surface area contributed by atoms with Crippen LogP contribution in [0, 0.1) is 6.92 Å². The highest BCUT2D eigenvalue weighted by Gasteiger charge is 2.28. The lowest BCUT2D eigenvalue weighted by molar-refractivity contribution is 0.566. The van der Waals surface area contributed by atoms with Crippen molar-refractivity contribution in [3.8, 4) is 0 Å². The first kappa shape index (κ1) is 13.5. The summed E-state index contributed by atoms with van der Waals surface area (Å²) in [6, 6.07) is 5.36. The van der Waals surface area contributed by atoms with Gasteiger partial charge in [0, 0.05) is 10.2 Å². The molecule has 0 bridgehead atoms. The van der Waals surface area contributed by atoms with Crippen LogP contribution in [0.3, 0.4) is 0 Å². The van der Waals surface area contributed by atoms with Crippen molar-refractivity contribution >= 4 is 31.6 Å². The molecule has 0 spiro atoms. The normalized spacial score (nSPS) is 12.6. The minimum Gasteiger partial charge on any atom is -0.283 e. The third kappa shape index (κ3) is 2.98. The van der Waals surface area contributed by atoms with Gasteiger partial charge in [-0.2, -0.15) is 0 Å². The summed E-state index contributed by atoms with van der Waals surface area (Å²) in [6.07, 6.45) is 0. The lowest BCUT2D eigenvalue weighted by Crippen LogP contribution is -2.33. The molecule has 3 nitrogen and oxygen atoms in total. The lowest BCUT2D eigenvalue weighted by Gasteiger charge is -2.20. The van der Waals surface area contributed by atoms with Gasteiger partial charge in [-0.15, -0.1) is 0 Å². The third-order valence-electron chi connectivity index (χ3n) is 2.22. The quantitative estimate of drug-likeness (QED) is 0.911. The van der Waals surface area contributed by atoms with E-state index in [1.54, 1.807) is 32.9 Å². The molecule has 0 radical (unpaired) electrons. The van der Waals surface area contributed by atoms with Gasteiger partial charge in [0.25, 0.3) is 0 Å². The van der Waals surface area contributed by atoms with E-state index < -0.39 is 14.8 Å². The third-order valence-corrected chi connectivity index (χ3v) is 5.22. The van der Waals surface area contributed by atoms with Crippen LogP contribution < -0.4 is 4.72 Å². The number of aryl methyl sites for hydroxylation is 1. The molecule has 0 heterocycles. The number of hydrogen-bond acceptors (Lipinski definition) is 2. The average molecular weight is 306 g/mol. The van der Waals surface area contributed by atoms with Gasteiger partial charge in [0.2, 0.25) is 10.0 Å². The Morgan fingerprint density at radius 1 is 1.25 bits per heavy atom. The molecule has 0 saturated carbocycles. The van der Waals surface area contributed by atoms with Crippen LogP contribution in [0.25, 0.3) is 0 Å². The Morgan fingerprint density at radius 2 is 1.81 bits per heavy atom. The molecular formula is C11H16BrNO2S. The molecule has 0 aromatic heterocycles. The van der Waals surface area contributed by atoms with Crippen LogP contribution in [0.4, 0.5) is 5.69 Å². The first-order valence-corrected chi connectivity index (χ1v) is 7.19. The van der Waals surface area contributed by atoms with Crippen molar-refractivity contribution in [2.24, 2.45) is 0 Å². The number of sulfonamides is 1. The molecule has 0 atom stereocenters. The fraction of sp³-hybridized carbons (Fsp3) is 0.455. The van der Waals surface area contributed by atoms with Crippen molar-refractivity contribution < 1.29 is 8.42 Å². The maximum absolute atomic E-state index is 11.9. The van der Waals surface area contributed by atoms with E-state index in [0.717, 1.165) is 10.0 Å². The standard InChI is InChI=1S/C11H16BrNO2S/c1-8-7-9(5-6-10(8)12)13-16(14,15)11(2,3)4/h5-7,13H,1-4H3. The molecule has 1 rings (SSSR count). The molecule has 0 aliphatic heterocycles. The molecule has 0 aliphatic carbocycles. The maximum Gasteiger partial charge on any atom is 0.237 e. The van der Waals surface area contributed by atoms with Gasteiger partial charge >= 0.3 is 0 Å². The predicted molar refractivity (Wildman–Crippen MR) is 71.2 cm³/mol. The largest absolute Gasteiger partial charge is 0.283 e. The van der Waals surface area contributed by atoms with Gasteiger partial charge in [-0.25, -0.2) is 8.42 Å². The number of rotatable bonds is 2. The molecule has 16 heavy (non-hydrogen) atoms. The second-order valence-corrected chi connectivity index (χ2v) is 7.97. The Bertz CT molecular complexity index is 489. The van der Waals surface area contributed by atoms with Crippen LogP contribution in [-0.2, 0) is 10.0 Å². The van der Waals surface area contributed by atoms with Gasteiger partial charge in [0.1, 0.15) is 0 Å². The van der Waals surface area contributed by atoms with Crippen LogP contribution in [0.2, 0.25) is 0 Å². The van der Waals surface area contributed by atoms with Gasteiger partial charge in [-0.3, -0.25) is 4.72 Å². The molecule has 5 heteroatoms. The van der Waals surface area contributed by atoms with Crippen molar-refractivity contribution in [1.29, 1.82) is 0 Å². The van der Waals surface area contributed by atoms with Crippen LogP contribution in [0.5, 0.6) is 0 Å². The van der Waals surface area contributed by atoms with Gasteiger partial charge in [0.05, 0.1) is 4.75 Å². The Labute approximate surface area is 105 Å². The molecule has 0 unspecified atom stereocenters. The summed E-state index contributed by atoms with van der Waals surface area (Å²) in [6.45, 7) is 6.92. The van der Waals surface area contributed by atoms with E-state index in [-0.39, 0.29) is 0 Å². The molecule has 0 amide bonds. The van der Waals surface area contributed by atoms with E-state index in [2.05, 4.69) is 20.7 Å². The number of nitrogens with one attached hydrogen (secondary N) is 1. The average Bonchev–Trinajstić information content (AvgIpc) is 2.09. The minimum atomic E-state index is -3.35. The zero-order valence-electron chi connectivity index (χ0n) is 9.83. The Morgan fingerprint density at radius 3 is 2.25 bits per heavy atom. The topological polar surface area (TPSA) is 46.2 Å². The van der Waals surface area contributed by atoms with Gasteiger partial charge in [0.15, 0.2) is 0 Å². The first-order valence-electron chi connectivity index (χ1n) is 4.92. The zero-order chi connectivity index (χ0) is 12.6. The van der Waals surface area contributed by atoms with Gasteiger partial charge in [-0.1, -0.05) is 15.9 Å². The van der Waals surface area contributed by atoms with Crippen molar-refractivity contribution in [2.75, 3.05) is 4.72 Å². The highest BCUT2D eigenvalue weighted by molar-refractivity contribution is 9.10. The smallest absolute Gasteiger partial charge is 0.237 e. The summed E-state index contributed by atoms with van der Waals surface area (Å²) < 4.78 is 26.5. The van der Waals surface area contributed by atoms with E-state index >= 15 is 0 Å². The van der Waals surface area contributed by atoms with Crippen LogP contribution in [-0.4, -0.2) is 13.2 Å². The number of benzene rings is 1. The number of halogens is 1. The summed E-state index contributed by atoms with van der Waals surface area (Å²) in [5.41, 5.74) is 1.59. The summed E-state index contributed by atoms with van der Waals surface area (Å²) >= 11 is 3.37. The van der Waals surface area contributed by atoms with Crippen molar-refractivity contribution in [3.63, 3.8) is 0 Å². The highest BCUT2D eigenvalue weighted by Crippen LogP contribution is 2.23. The highest BCUT2D eigenvalue weighted by atomic mass is 79.9. The molecule has 0 fully saturated rings. The summed E-state index contributed by atoms with van der Waals surface area (Å²) in [5.74, 6) is 0. The Kier molecular flexibility index (Phi) is 3.69. The number of anilines is 1. The fourth-order valence-corrected chi connectivity index (χ4v) is 2.01. The molecule has 90 valence electrons. The van der Waals surface area contributed by atoms with Crippen molar-refractivity contribution in [3.05, 3.63) is 28.2 Å². The molecule has 1 N–H and O–H groups in total. The van der Waals surface area contributed by atoms with E-state index in [0.29, 0.717) is 5.69 Å². The van der Waals surface area contributed by atoms with E-state index in [9.17, 15) is 8.42 Å². The number of hydrogen-bond donors (Lipinski definition) is 1. The van der Waals surface area contributed by atoms with Crippen molar-refractivity contribution in [1.82, 2.24) is 0 Å². The molecular weight excluding hydrogens is 290 g/mol. The summed E-state index contributed by atoms with van der Waals surface area (Å²) in [5, 5.41) is 0.